The van der Waals surface area contributed by atoms with Crippen molar-refractivity contribution in [2.24, 2.45) is 9.98 Å². The first kappa shape index (κ1) is 33.0. The summed E-state index contributed by atoms with van der Waals surface area (Å²) in [5.74, 6) is 0.616. The van der Waals surface area contributed by atoms with Crippen molar-refractivity contribution in [3.05, 3.63) is 217 Å². The van der Waals surface area contributed by atoms with Gasteiger partial charge in [-0.2, -0.15) is 0 Å². The zero-order valence-electron chi connectivity index (χ0n) is 30.4. The van der Waals surface area contributed by atoms with E-state index < -0.39 is 0 Å². The number of benzene rings is 8. The molecule has 0 bridgehead atoms. The molecule has 8 aromatic carbocycles. The first-order chi connectivity index (χ1) is 27.7. The molecule has 1 N–H and O–H groups in total. The van der Waals surface area contributed by atoms with Gasteiger partial charge in [0.05, 0.1) is 22.1 Å². The van der Waals surface area contributed by atoms with Crippen molar-refractivity contribution in [1.29, 1.82) is 5.41 Å². The summed E-state index contributed by atoms with van der Waals surface area (Å²) in [6, 6.07) is 69.2. The molecule has 10 rings (SSSR count). The molecule has 0 atom stereocenters. The maximum absolute atomic E-state index is 9.24. The molecule has 2 heterocycles. The van der Waals surface area contributed by atoms with E-state index in [1.807, 2.05) is 72.8 Å². The van der Waals surface area contributed by atoms with Crippen LogP contribution in [0.1, 0.15) is 16.7 Å². The average molecular weight is 718 g/mol. The SMILES string of the molecule is N=C(/N=C(\N=C\c1ccccc1)c1ccccc1)c1cccc(-n2c3ccccc3c3cc4c5ccc(-c6ccccc6)cc5n(-c5ccccc5)c4cc32)c1. The van der Waals surface area contributed by atoms with Gasteiger partial charge in [0.25, 0.3) is 0 Å². The van der Waals surface area contributed by atoms with Crippen LogP contribution in [0.5, 0.6) is 0 Å². The molecule has 5 heteroatoms. The second-order valence-electron chi connectivity index (χ2n) is 13.9. The molecular weight excluding hydrogens is 683 g/mol. The van der Waals surface area contributed by atoms with E-state index in [9.17, 15) is 5.41 Å². The Morgan fingerprint density at radius 3 is 1.73 bits per heavy atom. The van der Waals surface area contributed by atoms with Gasteiger partial charge in [0.2, 0.25) is 0 Å². The van der Waals surface area contributed by atoms with Crippen molar-refractivity contribution in [1.82, 2.24) is 9.13 Å². The lowest BCUT2D eigenvalue weighted by Crippen LogP contribution is -2.05. The van der Waals surface area contributed by atoms with E-state index in [-0.39, 0.29) is 5.84 Å². The quantitative estimate of drug-likeness (QED) is 0.132. The van der Waals surface area contributed by atoms with E-state index in [1.54, 1.807) is 6.21 Å². The molecule has 2 aromatic heterocycles. The van der Waals surface area contributed by atoms with Crippen LogP contribution in [0.25, 0.3) is 66.1 Å². The van der Waals surface area contributed by atoms with Crippen LogP contribution in [0, 0.1) is 5.41 Å². The molecule has 0 aliphatic heterocycles. The highest BCUT2D eigenvalue weighted by molar-refractivity contribution is 6.20. The minimum absolute atomic E-state index is 0.137. The Kier molecular flexibility index (Phi) is 8.23. The maximum atomic E-state index is 9.24. The summed E-state index contributed by atoms with van der Waals surface area (Å²) in [4.78, 5) is 9.57. The van der Waals surface area contributed by atoms with Crippen molar-refractivity contribution in [3.63, 3.8) is 0 Å². The molecule has 0 aliphatic carbocycles. The van der Waals surface area contributed by atoms with E-state index in [0.717, 1.165) is 44.6 Å². The van der Waals surface area contributed by atoms with E-state index >= 15 is 0 Å². The Morgan fingerprint density at radius 2 is 0.982 bits per heavy atom. The monoisotopic (exact) mass is 717 g/mol. The van der Waals surface area contributed by atoms with E-state index in [4.69, 9.17) is 9.98 Å². The third-order valence-corrected chi connectivity index (χ3v) is 10.4. The number of rotatable bonds is 6. The Morgan fingerprint density at radius 1 is 0.411 bits per heavy atom. The molecule has 56 heavy (non-hydrogen) atoms. The lowest BCUT2D eigenvalue weighted by atomic mass is 10.0. The third kappa shape index (κ3) is 5.88. The Balaban J connectivity index is 1.15. The van der Waals surface area contributed by atoms with Gasteiger partial charge in [0, 0.05) is 50.3 Å². The number of hydrogen-bond acceptors (Lipinski definition) is 1. The average Bonchev–Trinajstić information content (AvgIpc) is 3.77. The molecule has 0 spiro atoms. The van der Waals surface area contributed by atoms with Gasteiger partial charge in [0.15, 0.2) is 11.7 Å². The van der Waals surface area contributed by atoms with E-state index in [1.165, 1.54) is 32.7 Å². The second kappa shape index (κ2) is 14.0. The van der Waals surface area contributed by atoms with Crippen LogP contribution in [0.2, 0.25) is 0 Å². The zero-order chi connectivity index (χ0) is 37.4. The van der Waals surface area contributed by atoms with Gasteiger partial charge in [-0.25, -0.2) is 9.98 Å². The molecule has 264 valence electrons. The van der Waals surface area contributed by atoms with Gasteiger partial charge in [-0.15, -0.1) is 0 Å². The maximum Gasteiger partial charge on any atom is 0.161 e. The number of aromatic nitrogens is 2. The molecule has 0 unspecified atom stereocenters. The Hall–Kier alpha value is -7.63. The predicted molar refractivity (Wildman–Crippen MR) is 234 cm³/mol. The molecule has 5 nitrogen and oxygen atoms in total. The van der Waals surface area contributed by atoms with Crippen LogP contribution in [0.15, 0.2) is 210 Å². The van der Waals surface area contributed by atoms with Gasteiger partial charge < -0.3 is 9.13 Å². The molecule has 0 saturated carbocycles. The van der Waals surface area contributed by atoms with Gasteiger partial charge in [-0.3, -0.25) is 5.41 Å². The van der Waals surface area contributed by atoms with Crippen molar-refractivity contribution >= 4 is 61.5 Å². The number of para-hydroxylation sites is 2. The standard InChI is InChI=1S/C51H35N5/c52-50(54-51(37-20-9-3-10-21-37)53-34-35-16-5-1-6-17-35)39-22-15-25-41(30-39)56-46-27-14-13-26-42(46)44-32-45-43-29-28-38(36-18-7-2-8-19-36)31-47(43)55(48(45)33-49(44)56)40-23-11-4-12-24-40/h1-34,52H/b52-50?,53-34+,54-51-. The summed E-state index contributed by atoms with van der Waals surface area (Å²) in [6.07, 6.45) is 1.80. The minimum Gasteiger partial charge on any atom is -0.309 e. The van der Waals surface area contributed by atoms with Crippen LogP contribution < -0.4 is 0 Å². The summed E-state index contributed by atoms with van der Waals surface area (Å²) in [6.45, 7) is 0. The predicted octanol–water partition coefficient (Wildman–Crippen LogP) is 12.4. The number of aliphatic imine (C=N–C) groups is 2. The highest BCUT2D eigenvalue weighted by Crippen LogP contribution is 2.40. The normalized spacial score (nSPS) is 12.0. The van der Waals surface area contributed by atoms with E-state index in [0.29, 0.717) is 11.4 Å². The number of nitrogens with one attached hydrogen (secondary N) is 1. The van der Waals surface area contributed by atoms with Gasteiger partial charge in [-0.05, 0) is 65.2 Å². The summed E-state index contributed by atoms with van der Waals surface area (Å²) < 4.78 is 4.71. The van der Waals surface area contributed by atoms with Crippen LogP contribution >= 0.6 is 0 Å². The van der Waals surface area contributed by atoms with Gasteiger partial charge in [-0.1, -0.05) is 152 Å². The molecule has 0 saturated heterocycles. The molecule has 10 aromatic rings. The summed E-state index contributed by atoms with van der Waals surface area (Å²) in [7, 11) is 0. The largest absolute Gasteiger partial charge is 0.309 e. The van der Waals surface area contributed by atoms with Gasteiger partial charge in [0.1, 0.15) is 0 Å². The fourth-order valence-corrected chi connectivity index (χ4v) is 7.82. The number of nitrogens with zero attached hydrogens (tertiary/aromatic N) is 4. The van der Waals surface area contributed by atoms with Crippen molar-refractivity contribution in [3.8, 4) is 22.5 Å². The van der Waals surface area contributed by atoms with Crippen molar-refractivity contribution in [2.75, 3.05) is 0 Å². The number of hydrogen-bond donors (Lipinski definition) is 1. The van der Waals surface area contributed by atoms with Crippen LogP contribution in [0.3, 0.4) is 0 Å². The minimum atomic E-state index is 0.137. The van der Waals surface area contributed by atoms with Crippen molar-refractivity contribution < 1.29 is 0 Å². The lowest BCUT2D eigenvalue weighted by molar-refractivity contribution is 1.16. The zero-order valence-corrected chi connectivity index (χ0v) is 30.4. The van der Waals surface area contributed by atoms with Crippen LogP contribution in [-0.2, 0) is 0 Å². The Labute approximate surface area is 324 Å². The topological polar surface area (TPSA) is 58.4 Å². The highest BCUT2D eigenvalue weighted by atomic mass is 15.0. The smallest absolute Gasteiger partial charge is 0.161 e. The van der Waals surface area contributed by atoms with Gasteiger partial charge >= 0.3 is 0 Å². The third-order valence-electron chi connectivity index (χ3n) is 10.4. The lowest BCUT2D eigenvalue weighted by Gasteiger charge is -2.11. The summed E-state index contributed by atoms with van der Waals surface area (Å²) in [5, 5.41) is 14.0. The fraction of sp³-hybridized carbons (Fsp3) is 0. The first-order valence-corrected chi connectivity index (χ1v) is 18.7. The van der Waals surface area contributed by atoms with Crippen molar-refractivity contribution in [2.45, 2.75) is 0 Å². The first-order valence-electron chi connectivity index (χ1n) is 18.7. The highest BCUT2D eigenvalue weighted by Gasteiger charge is 2.19. The molecule has 0 aliphatic rings. The molecule has 0 amide bonds. The summed E-state index contributed by atoms with van der Waals surface area (Å²) >= 11 is 0. The molecule has 0 radical (unpaired) electrons. The molecular formula is C51H35N5. The number of fused-ring (bicyclic) bond motifs is 6. The number of amidine groups is 2. The second-order valence-corrected chi connectivity index (χ2v) is 13.9. The fourth-order valence-electron chi connectivity index (χ4n) is 7.82. The Bertz CT molecular complexity index is 3120. The van der Waals surface area contributed by atoms with Crippen LogP contribution in [-0.4, -0.2) is 27.0 Å². The summed E-state index contributed by atoms with van der Waals surface area (Å²) in [5.41, 5.74) is 11.4. The van der Waals surface area contributed by atoms with Crippen LogP contribution in [0.4, 0.5) is 0 Å². The molecule has 0 fully saturated rings. The van der Waals surface area contributed by atoms with E-state index in [2.05, 4.69) is 137 Å².